The van der Waals surface area contributed by atoms with E-state index in [9.17, 15) is 0 Å². The molecule has 0 saturated carbocycles. The van der Waals surface area contributed by atoms with Crippen LogP contribution in [-0.2, 0) is 0 Å². The maximum absolute atomic E-state index is 6.46. The molecular weight excluding hydrogens is 469 g/mol. The molecule has 0 aliphatic carbocycles. The lowest BCUT2D eigenvalue weighted by molar-refractivity contribution is 0.918. The van der Waals surface area contributed by atoms with Gasteiger partial charge in [-0.2, -0.15) is 18.1 Å². The molecule has 0 bridgehead atoms. The van der Waals surface area contributed by atoms with Gasteiger partial charge in [-0.05, 0) is 67.4 Å². The third-order valence-corrected chi connectivity index (χ3v) is 20.4. The summed E-state index contributed by atoms with van der Waals surface area (Å²) in [4.78, 5) is 0. The summed E-state index contributed by atoms with van der Waals surface area (Å²) in [5.74, 6) is -6.15. The molecule has 116 valence electrons. The van der Waals surface area contributed by atoms with Gasteiger partial charge in [0.2, 0.25) is 13.4 Å². The predicted octanol–water partition coefficient (Wildman–Crippen LogP) is 7.85. The molecule has 3 rings (SSSR count). The molecule has 0 amide bonds. The maximum atomic E-state index is 6.46. The molecule has 16 heteroatoms. The molecule has 0 unspecified atom stereocenters. The number of halogens is 6. The van der Waals surface area contributed by atoms with E-state index in [1.165, 1.54) is 0 Å². The second-order valence-electron chi connectivity index (χ2n) is 4.17. The van der Waals surface area contributed by atoms with Crippen molar-refractivity contribution in [3.63, 3.8) is 0 Å². The van der Waals surface area contributed by atoms with E-state index in [0.29, 0.717) is 0 Å². The molecular formula is C4H8Cl6N6P4. The Morgan fingerprint density at radius 1 is 0.550 bits per heavy atom. The lowest BCUT2D eigenvalue weighted by Crippen LogP contribution is -1.87. The minimum Gasteiger partial charge on any atom is -0.237 e. The zero-order valence-corrected chi connectivity index (χ0v) is 17.7. The van der Waals surface area contributed by atoms with Gasteiger partial charge in [0.1, 0.15) is 0 Å². The van der Waals surface area contributed by atoms with Crippen molar-refractivity contribution < 1.29 is 0 Å². The summed E-state index contributed by atoms with van der Waals surface area (Å²) in [5, 5.41) is 0. The van der Waals surface area contributed by atoms with Crippen molar-refractivity contribution in [2.75, 3.05) is 26.2 Å². The highest BCUT2D eigenvalue weighted by molar-refractivity contribution is 8.19. The van der Waals surface area contributed by atoms with Crippen molar-refractivity contribution in [2.45, 2.75) is 0 Å². The Balaban J connectivity index is 2.24. The summed E-state index contributed by atoms with van der Waals surface area (Å²) in [6.45, 7) is -2.65. The van der Waals surface area contributed by atoms with Crippen molar-refractivity contribution in [3.05, 3.63) is 0 Å². The lowest BCUT2D eigenvalue weighted by atomic mass is 11.0. The molecule has 3 aliphatic heterocycles. The van der Waals surface area contributed by atoms with Crippen LogP contribution in [0.5, 0.6) is 0 Å². The van der Waals surface area contributed by atoms with Gasteiger partial charge in [0.15, 0.2) is 0 Å². The molecule has 2 atom stereocenters. The average molecular weight is 477 g/mol. The van der Waals surface area contributed by atoms with Crippen molar-refractivity contribution in [1.82, 2.24) is 9.34 Å². The summed E-state index contributed by atoms with van der Waals surface area (Å²) < 4.78 is 20.8. The first-order chi connectivity index (χ1) is 9.04. The quantitative estimate of drug-likeness (QED) is 0.301. The smallest absolute Gasteiger partial charge is 0.237 e. The van der Waals surface area contributed by atoms with Crippen LogP contribution in [0.2, 0.25) is 0 Å². The third kappa shape index (κ3) is 3.97. The highest BCUT2D eigenvalue weighted by atomic mass is 35.9. The second kappa shape index (κ2) is 5.55. The second-order valence-corrected chi connectivity index (χ2v) is 21.4. The lowest BCUT2D eigenvalue weighted by Gasteiger charge is -2.23. The number of rotatable bonds is 2. The summed E-state index contributed by atoms with van der Waals surface area (Å²) in [7, 11) is 0. The molecule has 2 fully saturated rings. The molecule has 0 radical (unpaired) electrons. The van der Waals surface area contributed by atoms with Gasteiger partial charge in [0.25, 0.3) is 11.8 Å². The Morgan fingerprint density at radius 2 is 0.850 bits per heavy atom. The zero-order chi connectivity index (χ0) is 14.8. The van der Waals surface area contributed by atoms with Crippen LogP contribution >= 0.6 is 92.7 Å². The van der Waals surface area contributed by atoms with Gasteiger partial charge in [-0.25, -0.2) is 9.34 Å². The maximum Gasteiger partial charge on any atom is 0.257 e. The monoisotopic (exact) mass is 474 g/mol. The third-order valence-electron chi connectivity index (χ3n) is 2.45. The number of hydrogen-bond acceptors (Lipinski definition) is 6. The van der Waals surface area contributed by atoms with Crippen LogP contribution in [0.25, 0.3) is 0 Å². The Morgan fingerprint density at radius 3 is 1.10 bits per heavy atom. The van der Waals surface area contributed by atoms with Crippen molar-refractivity contribution in [3.8, 4) is 0 Å². The van der Waals surface area contributed by atoms with Crippen LogP contribution in [0.4, 0.5) is 0 Å². The zero-order valence-electron chi connectivity index (χ0n) is 9.57. The van der Waals surface area contributed by atoms with E-state index in [-0.39, 0.29) is 0 Å². The van der Waals surface area contributed by atoms with Gasteiger partial charge in [-0.1, -0.05) is 0 Å². The van der Waals surface area contributed by atoms with Crippen LogP contribution in [-0.4, -0.2) is 35.5 Å². The van der Waals surface area contributed by atoms with Gasteiger partial charge in [0.05, 0.1) is 0 Å². The van der Waals surface area contributed by atoms with Crippen molar-refractivity contribution >= 4 is 92.7 Å². The minimum absolute atomic E-state index is 0.749. The Hall–Kier alpha value is 2.58. The van der Waals surface area contributed by atoms with Gasteiger partial charge < -0.3 is 0 Å². The topological polar surface area (TPSA) is 55.5 Å². The van der Waals surface area contributed by atoms with Crippen LogP contribution in [0.15, 0.2) is 18.1 Å². The molecule has 0 aromatic carbocycles. The van der Waals surface area contributed by atoms with E-state index in [0.717, 1.165) is 26.2 Å². The van der Waals surface area contributed by atoms with E-state index >= 15 is 0 Å². The summed E-state index contributed by atoms with van der Waals surface area (Å²) in [5.41, 5.74) is 0. The first kappa shape index (κ1) is 17.4. The van der Waals surface area contributed by atoms with Gasteiger partial charge >= 0.3 is 0 Å². The fourth-order valence-electron chi connectivity index (χ4n) is 1.44. The van der Waals surface area contributed by atoms with Gasteiger partial charge in [-0.3, -0.25) is 0 Å². The van der Waals surface area contributed by atoms with E-state index in [2.05, 4.69) is 18.1 Å². The van der Waals surface area contributed by atoms with Crippen LogP contribution in [0.1, 0.15) is 0 Å². The molecule has 0 aromatic rings. The molecule has 3 heterocycles. The first-order valence-electron chi connectivity index (χ1n) is 5.28. The van der Waals surface area contributed by atoms with Crippen molar-refractivity contribution in [2.24, 2.45) is 18.1 Å². The highest BCUT2D eigenvalue weighted by Crippen LogP contribution is 2.88. The standard InChI is InChI=1S/C4H8Cl6N6P4/c5-17(6)11-19(9,15-1-2-15)12-18(7,8)14-20(10,13-17)16-3-4-16/h1-4H2/t19-,20-. The first-order valence-corrected chi connectivity index (χ1v) is 17.4. The summed E-state index contributed by atoms with van der Waals surface area (Å²) in [6, 6.07) is 0. The van der Waals surface area contributed by atoms with E-state index in [4.69, 9.17) is 67.4 Å². The highest BCUT2D eigenvalue weighted by Gasteiger charge is 2.43. The van der Waals surface area contributed by atoms with Crippen LogP contribution < -0.4 is 0 Å². The SMILES string of the molecule is ClP1(Cl)=N[P@](Cl)(N2CC2)=NP(Cl)(Cl)=N[P@@](Cl)(N2CC2)=N1. The van der Waals surface area contributed by atoms with Gasteiger partial charge in [-0.15, -0.1) is 0 Å². The molecule has 2 saturated heterocycles. The number of hydrogen-bond donors (Lipinski definition) is 0. The molecule has 6 nitrogen and oxygen atoms in total. The average Bonchev–Trinajstić information content (AvgIpc) is 3.06. The van der Waals surface area contributed by atoms with E-state index in [1.54, 1.807) is 0 Å². The van der Waals surface area contributed by atoms with Crippen LogP contribution in [0, 0.1) is 0 Å². The van der Waals surface area contributed by atoms with Crippen LogP contribution in [0.3, 0.4) is 0 Å². The fourth-order valence-corrected chi connectivity index (χ4v) is 24.4. The summed E-state index contributed by atoms with van der Waals surface area (Å²) >= 11 is 37.9. The van der Waals surface area contributed by atoms with Gasteiger partial charge in [0, 0.05) is 26.2 Å². The fraction of sp³-hybridized carbons (Fsp3) is 1.00. The molecule has 20 heavy (non-hydrogen) atoms. The normalized spacial score (nSPS) is 43.1. The largest absolute Gasteiger partial charge is 0.257 e. The Kier molecular flexibility index (Phi) is 4.83. The Bertz CT molecular complexity index is 609. The molecule has 3 aliphatic rings. The predicted molar refractivity (Wildman–Crippen MR) is 95.7 cm³/mol. The molecule has 0 spiro atoms. The Labute approximate surface area is 145 Å². The van der Waals surface area contributed by atoms with E-state index in [1.807, 2.05) is 9.34 Å². The van der Waals surface area contributed by atoms with Crippen molar-refractivity contribution in [1.29, 1.82) is 0 Å². The minimum atomic E-state index is -3.08. The summed E-state index contributed by atoms with van der Waals surface area (Å²) in [6.07, 6.45) is 0. The molecule has 0 aromatic heterocycles. The molecule has 0 N–H and O–H groups in total. The van der Waals surface area contributed by atoms with E-state index < -0.39 is 25.2 Å². The number of nitrogens with zero attached hydrogens (tertiary/aromatic N) is 6.